The van der Waals surface area contributed by atoms with Gasteiger partial charge >= 0.3 is 5.69 Å². The Kier molecular flexibility index (Phi) is 10.6. The molecule has 298 valence electrons. The average molecular weight is 775 g/mol. The molecule has 2 amide bonds. The number of imide groups is 1. The van der Waals surface area contributed by atoms with Gasteiger partial charge in [0.15, 0.2) is 5.82 Å². The van der Waals surface area contributed by atoms with E-state index in [4.69, 9.17) is 15.7 Å². The zero-order chi connectivity index (χ0) is 39.8. The normalized spacial score (nSPS) is 21.0. The van der Waals surface area contributed by atoms with Crippen LogP contribution in [0.2, 0.25) is 0 Å². The van der Waals surface area contributed by atoms with Crippen molar-refractivity contribution in [3.63, 3.8) is 0 Å². The molecule has 0 aliphatic carbocycles. The maximum Gasteiger partial charge on any atom is 0.329 e. The quantitative estimate of drug-likeness (QED) is 0.176. The first-order chi connectivity index (χ1) is 27.6. The van der Waals surface area contributed by atoms with Crippen LogP contribution in [0, 0.1) is 0 Å². The highest BCUT2D eigenvalue weighted by Gasteiger charge is 2.35. The number of phenols is 1. The fraction of sp³-hybridized carbons (Fsp3) is 0.439. The van der Waals surface area contributed by atoms with Gasteiger partial charge in [-0.25, -0.2) is 14.8 Å². The van der Waals surface area contributed by atoms with E-state index < -0.39 is 11.9 Å². The number of hydrogen-bond donors (Lipinski definition) is 3. The highest BCUT2D eigenvalue weighted by molar-refractivity contribution is 6.00. The van der Waals surface area contributed by atoms with E-state index in [2.05, 4.69) is 49.0 Å². The number of aryl methyl sites for hydroxylation is 1. The maximum atomic E-state index is 13.2. The lowest BCUT2D eigenvalue weighted by Gasteiger charge is -2.46. The summed E-state index contributed by atoms with van der Waals surface area (Å²) >= 11 is 0. The third-order valence-corrected chi connectivity index (χ3v) is 11.8. The van der Waals surface area contributed by atoms with Gasteiger partial charge in [-0.15, -0.1) is 10.2 Å². The first-order valence-corrected chi connectivity index (χ1v) is 19.8. The Bertz CT molecular complexity index is 2330. The van der Waals surface area contributed by atoms with Gasteiger partial charge in [-0.3, -0.25) is 28.9 Å². The molecule has 6 heterocycles. The number of nitrogens with one attached hydrogen (secondary N) is 1. The molecule has 57 heavy (non-hydrogen) atoms. The molecule has 8 rings (SSSR count). The zero-order valence-electron chi connectivity index (χ0n) is 32.7. The molecule has 4 N–H and O–H groups in total. The Labute approximate surface area is 330 Å². The molecule has 3 aliphatic rings. The smallest absolute Gasteiger partial charge is 0.329 e. The number of piperidine rings is 1. The van der Waals surface area contributed by atoms with Crippen LogP contribution < -0.4 is 26.5 Å². The van der Waals surface area contributed by atoms with Crippen LogP contribution >= 0.6 is 0 Å². The van der Waals surface area contributed by atoms with Crippen molar-refractivity contribution in [2.45, 2.75) is 64.2 Å². The van der Waals surface area contributed by atoms with Crippen LogP contribution in [0.1, 0.15) is 50.3 Å². The Morgan fingerprint density at radius 1 is 0.912 bits per heavy atom. The summed E-state index contributed by atoms with van der Waals surface area (Å²) < 4.78 is 3.12. The second-order valence-corrected chi connectivity index (χ2v) is 15.5. The second-order valence-electron chi connectivity index (χ2n) is 15.5. The number of benzene rings is 2. The molecule has 3 unspecified atom stereocenters. The lowest BCUT2D eigenvalue weighted by atomic mass is 10.0. The van der Waals surface area contributed by atoms with Gasteiger partial charge in [-0.05, 0) is 62.1 Å². The minimum atomic E-state index is -0.685. The van der Waals surface area contributed by atoms with Crippen molar-refractivity contribution < 1.29 is 14.7 Å². The minimum absolute atomic E-state index is 0.108. The molecule has 3 aliphatic heterocycles. The number of amides is 2. The number of carbonyl (C=O) groups is 2. The van der Waals surface area contributed by atoms with Crippen molar-refractivity contribution in [2.75, 3.05) is 61.3 Å². The van der Waals surface area contributed by atoms with Crippen molar-refractivity contribution in [1.82, 2.24) is 44.4 Å². The molecule has 3 aromatic heterocycles. The molecule has 3 atom stereocenters. The monoisotopic (exact) mass is 774 g/mol. The predicted molar refractivity (Wildman–Crippen MR) is 218 cm³/mol. The van der Waals surface area contributed by atoms with Gasteiger partial charge in [-0.1, -0.05) is 25.1 Å². The van der Waals surface area contributed by atoms with Crippen LogP contribution in [0.3, 0.4) is 0 Å². The van der Waals surface area contributed by atoms with E-state index in [0.717, 1.165) is 86.9 Å². The number of aromatic nitrogens is 6. The molecular weight excluding hydrogens is 725 g/mol. The highest BCUT2D eigenvalue weighted by Crippen LogP contribution is 2.34. The Hall–Kier alpha value is -5.87. The van der Waals surface area contributed by atoms with Gasteiger partial charge in [0, 0.05) is 101 Å². The fourth-order valence-electron chi connectivity index (χ4n) is 8.61. The highest BCUT2D eigenvalue weighted by atomic mass is 16.3. The van der Waals surface area contributed by atoms with Crippen LogP contribution in [-0.2, 0) is 29.6 Å². The fourth-order valence-corrected chi connectivity index (χ4v) is 8.61. The van der Waals surface area contributed by atoms with Crippen LogP contribution in [0.25, 0.3) is 22.3 Å². The third kappa shape index (κ3) is 7.66. The van der Waals surface area contributed by atoms with Gasteiger partial charge in [0.2, 0.25) is 17.8 Å². The van der Waals surface area contributed by atoms with Crippen molar-refractivity contribution in [1.29, 1.82) is 0 Å². The van der Waals surface area contributed by atoms with Crippen molar-refractivity contribution in [2.24, 2.45) is 7.05 Å². The second kappa shape index (κ2) is 15.9. The molecule has 3 saturated heterocycles. The summed E-state index contributed by atoms with van der Waals surface area (Å²) in [7, 11) is 1.73. The molecule has 3 fully saturated rings. The summed E-state index contributed by atoms with van der Waals surface area (Å²) in [4.78, 5) is 56.6. The molecule has 16 nitrogen and oxygen atoms in total. The molecule has 0 radical (unpaired) electrons. The summed E-state index contributed by atoms with van der Waals surface area (Å²) in [6.45, 7) is 11.3. The number of nitrogens with two attached hydrogens (primary N) is 1. The number of hydrogen-bond acceptors (Lipinski definition) is 13. The third-order valence-electron chi connectivity index (χ3n) is 11.8. The number of aromatic hydroxyl groups is 1. The summed E-state index contributed by atoms with van der Waals surface area (Å²) in [5.41, 5.74) is 11.8. The number of phenolic OH excluding ortho intramolecular Hbond substituents is 1. The summed E-state index contributed by atoms with van der Waals surface area (Å²) in [5, 5.41) is 21.3. The van der Waals surface area contributed by atoms with E-state index in [-0.39, 0.29) is 35.9 Å². The molecule has 0 spiro atoms. The minimum Gasteiger partial charge on any atom is -0.507 e. The number of anilines is 3. The lowest BCUT2D eigenvalue weighted by Crippen LogP contribution is -2.58. The molecule has 16 heteroatoms. The van der Waals surface area contributed by atoms with Gasteiger partial charge in [0.1, 0.15) is 11.8 Å². The maximum absolute atomic E-state index is 13.2. The van der Waals surface area contributed by atoms with Gasteiger partial charge in [-0.2, -0.15) is 0 Å². The van der Waals surface area contributed by atoms with E-state index in [1.165, 1.54) is 4.57 Å². The van der Waals surface area contributed by atoms with Gasteiger partial charge in [0.05, 0.1) is 22.4 Å². The van der Waals surface area contributed by atoms with Crippen molar-refractivity contribution in [3.8, 4) is 17.0 Å². The number of imidazole rings is 1. The molecular formula is C41H50N12O4. The van der Waals surface area contributed by atoms with Crippen molar-refractivity contribution in [3.05, 3.63) is 82.5 Å². The Morgan fingerprint density at radius 3 is 2.40 bits per heavy atom. The van der Waals surface area contributed by atoms with Gasteiger partial charge in [0.25, 0.3) is 0 Å². The van der Waals surface area contributed by atoms with Crippen LogP contribution in [0.15, 0.2) is 65.7 Å². The van der Waals surface area contributed by atoms with Crippen molar-refractivity contribution >= 4 is 40.3 Å². The van der Waals surface area contributed by atoms with E-state index >= 15 is 0 Å². The number of carbonyl (C=O) groups excluding carboxylic acids is 2. The van der Waals surface area contributed by atoms with Crippen LogP contribution in [0.5, 0.6) is 5.75 Å². The Balaban J connectivity index is 0.846. The zero-order valence-corrected chi connectivity index (χ0v) is 32.7. The van der Waals surface area contributed by atoms with E-state index in [1.807, 2.05) is 48.8 Å². The number of fused-ring (bicyclic) bond motifs is 1. The molecule has 2 aromatic carbocycles. The standard InChI is InChI=1S/C41H50N12O4/c1-4-29-25-51(35-20-31(46-47-38(35)42)30-7-5-6-8-36(30)54)23-26(2)52(29)40-43-21-28(22-44-40)24-50-17-15-49(16-18-50)14-13-27-9-10-32-34(19-27)48(3)41(57)53(32)33-11-12-37(55)45-39(33)56/h5-10,19-22,26,29,33,54H,4,11-18,23-25H2,1-3H3,(H2,42,47)(H,45,55,56). The lowest BCUT2D eigenvalue weighted by molar-refractivity contribution is -0.135. The first-order valence-electron chi connectivity index (χ1n) is 19.8. The molecule has 0 bridgehead atoms. The predicted octanol–water partition coefficient (Wildman–Crippen LogP) is 2.71. The summed E-state index contributed by atoms with van der Waals surface area (Å²) in [6.07, 6.45) is 6.20. The van der Waals surface area contributed by atoms with E-state index in [1.54, 1.807) is 23.7 Å². The SMILES string of the molecule is CCC1CN(c2cc(-c3ccccc3O)nnc2N)CC(C)N1c1ncc(CN2CCN(CCc3ccc4c(c3)n(C)c(=O)n4C3CCC(=O)NC3=O)CC2)cn1. The largest absolute Gasteiger partial charge is 0.507 e. The summed E-state index contributed by atoms with van der Waals surface area (Å²) in [5.74, 6) is 0.513. The first kappa shape index (κ1) is 38.0. The Morgan fingerprint density at radius 2 is 1.67 bits per heavy atom. The number of para-hydroxylation sites is 1. The summed E-state index contributed by atoms with van der Waals surface area (Å²) in [6, 6.07) is 14.6. The average Bonchev–Trinajstić information content (AvgIpc) is 3.46. The molecule has 5 aromatic rings. The van der Waals surface area contributed by atoms with Crippen LogP contribution in [0.4, 0.5) is 17.5 Å². The van der Waals surface area contributed by atoms with Crippen LogP contribution in [-0.4, -0.2) is 114 Å². The number of rotatable bonds is 10. The number of nitrogens with zero attached hydrogens (tertiary/aromatic N) is 10. The van der Waals surface area contributed by atoms with E-state index in [9.17, 15) is 19.5 Å². The number of nitrogen functional groups attached to an aromatic ring is 1. The van der Waals surface area contributed by atoms with E-state index in [0.29, 0.717) is 35.6 Å². The van der Waals surface area contributed by atoms with Gasteiger partial charge < -0.3 is 25.5 Å². The molecule has 0 saturated carbocycles. The number of piperazine rings is 2. The topological polar surface area (TPSA) is 184 Å².